The third-order valence-corrected chi connectivity index (χ3v) is 7.74. The normalized spacial score (nSPS) is 12.3. The average Bonchev–Trinajstić information content (AvgIpc) is 2.13. The molecular weight excluding hydrogens is 228 g/mol. The summed E-state index contributed by atoms with van der Waals surface area (Å²) in [6.45, 7) is 11.3. The maximum absolute atomic E-state index is 10.9. The summed E-state index contributed by atoms with van der Waals surface area (Å²) in [5, 5.41) is 0. The first kappa shape index (κ1) is 14.6. The molecule has 0 aliphatic rings. The Hall–Kier alpha value is -0.436. The van der Waals surface area contributed by atoms with Crippen LogP contribution in [0.1, 0.15) is 0 Å². The minimum Gasteiger partial charge on any atom is -0.463 e. The molecule has 0 aliphatic carbocycles. The van der Waals surface area contributed by atoms with Gasteiger partial charge in [-0.3, -0.25) is 0 Å². The van der Waals surface area contributed by atoms with Crippen molar-refractivity contribution in [2.75, 3.05) is 13.3 Å². The van der Waals surface area contributed by atoms with Gasteiger partial charge in [-0.15, -0.1) is 0 Å². The Bertz CT molecular complexity index is 238. The Kier molecular flexibility index (Phi) is 5.43. The van der Waals surface area contributed by atoms with E-state index < -0.39 is 22.8 Å². The Morgan fingerprint density at radius 2 is 1.87 bits per heavy atom. The lowest BCUT2D eigenvalue weighted by Crippen LogP contribution is -2.49. The molecule has 6 heteroatoms. The number of hydrogen-bond acceptors (Lipinski definition) is 4. The van der Waals surface area contributed by atoms with Crippen LogP contribution in [0.3, 0.4) is 0 Å². The molecule has 4 nitrogen and oxygen atoms in total. The minimum absolute atomic E-state index is 0.331. The molecule has 15 heavy (non-hydrogen) atoms. The molecule has 0 fully saturated rings. The molecule has 0 saturated carbocycles. The molecular formula is C9H20O4Si2. The van der Waals surface area contributed by atoms with Crippen LogP contribution >= 0.6 is 0 Å². The van der Waals surface area contributed by atoms with Gasteiger partial charge in [-0.25, -0.2) is 4.79 Å². The van der Waals surface area contributed by atoms with E-state index in [1.807, 2.05) is 26.2 Å². The number of esters is 1. The summed E-state index contributed by atoms with van der Waals surface area (Å²) in [5.41, 5.74) is 0. The van der Waals surface area contributed by atoms with E-state index in [0.29, 0.717) is 6.23 Å². The van der Waals surface area contributed by atoms with Crippen LogP contribution < -0.4 is 0 Å². The highest BCUT2D eigenvalue weighted by molar-refractivity contribution is 6.82. The smallest absolute Gasteiger partial charge is 0.329 e. The van der Waals surface area contributed by atoms with Gasteiger partial charge < -0.3 is 13.3 Å². The number of carbonyl (C=O) groups excluding carboxylic acids is 1. The van der Waals surface area contributed by atoms with E-state index in [1.165, 1.54) is 0 Å². The van der Waals surface area contributed by atoms with Gasteiger partial charge in [0.25, 0.3) is 0 Å². The van der Waals surface area contributed by atoms with Gasteiger partial charge in [0.05, 0.1) is 0 Å². The van der Waals surface area contributed by atoms with E-state index in [1.54, 1.807) is 7.11 Å². The van der Waals surface area contributed by atoms with Crippen LogP contribution in [0.25, 0.3) is 0 Å². The maximum Gasteiger partial charge on any atom is 0.329 e. The number of hydrogen-bond donors (Lipinski definition) is 0. The molecule has 0 aromatic carbocycles. The molecule has 0 atom stereocenters. The average molecular weight is 248 g/mol. The summed E-state index contributed by atoms with van der Waals surface area (Å²) in [6.07, 6.45) is 1.49. The summed E-state index contributed by atoms with van der Waals surface area (Å²) in [6, 6.07) is 0. The van der Waals surface area contributed by atoms with Crippen molar-refractivity contribution >= 4 is 22.8 Å². The first-order valence-corrected chi connectivity index (χ1v) is 10.7. The van der Waals surface area contributed by atoms with E-state index >= 15 is 0 Å². The van der Waals surface area contributed by atoms with Crippen molar-refractivity contribution in [3.05, 3.63) is 12.7 Å². The fourth-order valence-corrected chi connectivity index (χ4v) is 7.42. The fourth-order valence-electron chi connectivity index (χ4n) is 1.04. The first-order valence-electron chi connectivity index (χ1n) is 4.77. The zero-order valence-electron chi connectivity index (χ0n) is 10.1. The van der Waals surface area contributed by atoms with Crippen LogP contribution in [0.5, 0.6) is 0 Å². The number of carbonyl (C=O) groups is 1. The summed E-state index contributed by atoms with van der Waals surface area (Å²) in [5.74, 6) is -0.406. The first-order chi connectivity index (χ1) is 6.72. The van der Waals surface area contributed by atoms with Gasteiger partial charge >= 0.3 is 14.5 Å². The lowest BCUT2D eigenvalue weighted by Gasteiger charge is -2.31. The van der Waals surface area contributed by atoms with Crippen molar-refractivity contribution < 1.29 is 18.1 Å². The number of ether oxygens (including phenoxy) is 1. The molecule has 0 spiro atoms. The Balaban J connectivity index is 4.18. The van der Waals surface area contributed by atoms with Gasteiger partial charge in [0, 0.05) is 13.2 Å². The minimum atomic E-state index is -2.05. The van der Waals surface area contributed by atoms with Crippen molar-refractivity contribution in [2.24, 2.45) is 0 Å². The molecule has 0 amide bonds. The molecule has 0 aromatic rings. The number of rotatable bonds is 6. The van der Waals surface area contributed by atoms with Crippen molar-refractivity contribution in [2.45, 2.75) is 26.2 Å². The van der Waals surface area contributed by atoms with Crippen LogP contribution in [0.2, 0.25) is 26.2 Å². The van der Waals surface area contributed by atoms with Crippen LogP contribution in [0, 0.1) is 0 Å². The molecule has 0 N–H and O–H groups in total. The van der Waals surface area contributed by atoms with Crippen LogP contribution in [-0.2, 0) is 18.1 Å². The summed E-state index contributed by atoms with van der Waals surface area (Å²) < 4.78 is 16.2. The van der Waals surface area contributed by atoms with Gasteiger partial charge in [-0.2, -0.15) is 0 Å². The van der Waals surface area contributed by atoms with Crippen molar-refractivity contribution in [1.29, 1.82) is 0 Å². The molecule has 0 unspecified atom stereocenters. The van der Waals surface area contributed by atoms with E-state index in [9.17, 15) is 4.79 Å². The Labute approximate surface area is 93.6 Å². The highest BCUT2D eigenvalue weighted by Gasteiger charge is 2.34. The standard InChI is InChI=1S/C9H20O4Si2/c1-7-9(10)12-8-14(3,4)13-15(5,6)11-2/h7H,1,8H2,2-6H3. The zero-order chi connectivity index (χ0) is 12.1. The second-order valence-corrected chi connectivity index (χ2v) is 12.1. The van der Waals surface area contributed by atoms with Gasteiger partial charge in [-0.1, -0.05) is 6.58 Å². The lowest BCUT2D eigenvalue weighted by molar-refractivity contribution is -0.136. The predicted molar refractivity (Wildman–Crippen MR) is 64.2 cm³/mol. The summed E-state index contributed by atoms with van der Waals surface area (Å²) in [4.78, 5) is 10.9. The molecule has 88 valence electrons. The Morgan fingerprint density at radius 3 is 2.27 bits per heavy atom. The molecule has 0 heterocycles. The second kappa shape index (κ2) is 5.59. The summed E-state index contributed by atoms with van der Waals surface area (Å²) >= 11 is 0. The highest BCUT2D eigenvalue weighted by atomic mass is 28.4. The van der Waals surface area contributed by atoms with E-state index in [2.05, 4.69) is 6.58 Å². The third kappa shape index (κ3) is 6.61. The van der Waals surface area contributed by atoms with Crippen LogP contribution in [-0.4, -0.2) is 36.2 Å². The second-order valence-electron chi connectivity index (χ2n) is 4.28. The van der Waals surface area contributed by atoms with Gasteiger partial charge in [0.2, 0.25) is 8.32 Å². The van der Waals surface area contributed by atoms with Crippen molar-refractivity contribution in [1.82, 2.24) is 0 Å². The monoisotopic (exact) mass is 248 g/mol. The summed E-state index contributed by atoms with van der Waals surface area (Å²) in [7, 11) is -2.40. The van der Waals surface area contributed by atoms with Gasteiger partial charge in [0.1, 0.15) is 6.23 Å². The Morgan fingerprint density at radius 1 is 1.33 bits per heavy atom. The predicted octanol–water partition coefficient (Wildman–Crippen LogP) is 1.82. The maximum atomic E-state index is 10.9. The van der Waals surface area contributed by atoms with E-state index in [-0.39, 0.29) is 0 Å². The van der Waals surface area contributed by atoms with Gasteiger partial charge in [-0.05, 0) is 26.2 Å². The van der Waals surface area contributed by atoms with Crippen LogP contribution in [0.15, 0.2) is 12.7 Å². The molecule has 0 saturated heterocycles. The van der Waals surface area contributed by atoms with E-state index in [0.717, 1.165) is 6.08 Å². The van der Waals surface area contributed by atoms with Crippen LogP contribution in [0.4, 0.5) is 0 Å². The topological polar surface area (TPSA) is 44.8 Å². The van der Waals surface area contributed by atoms with Gasteiger partial charge in [0.15, 0.2) is 0 Å². The SMILES string of the molecule is C=CC(=O)OC[Si](C)(C)O[Si](C)(C)OC. The fraction of sp³-hybridized carbons (Fsp3) is 0.667. The molecule has 0 aromatic heterocycles. The quantitative estimate of drug-likeness (QED) is 0.409. The van der Waals surface area contributed by atoms with E-state index in [4.69, 9.17) is 13.3 Å². The van der Waals surface area contributed by atoms with Crippen molar-refractivity contribution in [3.63, 3.8) is 0 Å². The third-order valence-electron chi connectivity index (χ3n) is 1.74. The molecule has 0 radical (unpaired) electrons. The lowest BCUT2D eigenvalue weighted by atomic mass is 10.7. The molecule has 0 bridgehead atoms. The largest absolute Gasteiger partial charge is 0.463 e. The highest BCUT2D eigenvalue weighted by Crippen LogP contribution is 2.15. The molecule has 0 aliphatic heterocycles. The zero-order valence-corrected chi connectivity index (χ0v) is 12.1. The van der Waals surface area contributed by atoms with Crippen molar-refractivity contribution in [3.8, 4) is 0 Å². The molecule has 0 rings (SSSR count).